The van der Waals surface area contributed by atoms with Gasteiger partial charge in [0.1, 0.15) is 18.3 Å². The molecule has 2 aliphatic rings. The molecule has 0 amide bonds. The maximum absolute atomic E-state index is 6.23. The van der Waals surface area contributed by atoms with Gasteiger partial charge in [-0.3, -0.25) is 10.00 Å². The van der Waals surface area contributed by atoms with Crippen molar-refractivity contribution in [2.75, 3.05) is 19.7 Å². The summed E-state index contributed by atoms with van der Waals surface area (Å²) < 4.78 is 8.01. The van der Waals surface area contributed by atoms with Crippen LogP contribution in [0.1, 0.15) is 29.7 Å². The van der Waals surface area contributed by atoms with E-state index in [2.05, 4.69) is 49.4 Å². The van der Waals surface area contributed by atoms with Crippen LogP contribution in [0.2, 0.25) is 0 Å². The predicted octanol–water partition coefficient (Wildman–Crippen LogP) is 2.05. The van der Waals surface area contributed by atoms with Crippen molar-refractivity contribution in [2.24, 2.45) is 0 Å². The van der Waals surface area contributed by atoms with E-state index >= 15 is 0 Å². The normalized spacial score (nSPS) is 19.5. The van der Waals surface area contributed by atoms with Crippen molar-refractivity contribution in [3.05, 3.63) is 59.9 Å². The Morgan fingerprint density at radius 1 is 1.15 bits per heavy atom. The predicted molar refractivity (Wildman–Crippen MR) is 95.8 cm³/mol. The fraction of sp³-hybridized carbons (Fsp3) is 0.421. The van der Waals surface area contributed by atoms with E-state index in [1.165, 1.54) is 16.8 Å². The van der Waals surface area contributed by atoms with E-state index in [1.807, 2.05) is 6.20 Å². The first kappa shape index (κ1) is 15.7. The summed E-state index contributed by atoms with van der Waals surface area (Å²) in [5, 5.41) is 11.6. The lowest BCUT2D eigenvalue weighted by molar-refractivity contribution is -0.102. The topological polar surface area (TPSA) is 71.9 Å². The van der Waals surface area contributed by atoms with Gasteiger partial charge in [-0.15, -0.1) is 0 Å². The minimum atomic E-state index is -0.155. The smallest absolute Gasteiger partial charge is 0.138 e. The molecule has 1 fully saturated rings. The number of fused-ring (bicyclic) bond motifs is 2. The summed E-state index contributed by atoms with van der Waals surface area (Å²) in [5.41, 5.74) is 4.73. The lowest BCUT2D eigenvalue weighted by Crippen LogP contribution is -2.46. The number of aromatic nitrogens is 5. The van der Waals surface area contributed by atoms with Gasteiger partial charge in [-0.05, 0) is 42.5 Å². The molecule has 26 heavy (non-hydrogen) atoms. The van der Waals surface area contributed by atoms with Crippen LogP contribution in [0.25, 0.3) is 5.69 Å². The number of benzene rings is 1. The molecule has 0 atom stereocenters. The second-order valence-electron chi connectivity index (χ2n) is 7.15. The van der Waals surface area contributed by atoms with Crippen molar-refractivity contribution in [2.45, 2.75) is 31.4 Å². The number of aromatic amines is 1. The molecule has 2 aliphatic heterocycles. The van der Waals surface area contributed by atoms with Crippen molar-refractivity contribution in [1.29, 1.82) is 0 Å². The standard InChI is InChI=1S/C19H22N6O/c1-3-17(25-14-20-13-22-25)4-2-15(1)12-24-8-6-19(7-9-24)18-16(5-10-26-19)11-21-23-18/h1-4,11,13-14H,5-10,12H2,(H,21,23). The quantitative estimate of drug-likeness (QED) is 0.783. The first-order valence-electron chi connectivity index (χ1n) is 9.15. The summed E-state index contributed by atoms with van der Waals surface area (Å²) in [4.78, 5) is 6.50. The Bertz CT molecular complexity index is 862. The molecule has 3 aromatic rings. The van der Waals surface area contributed by atoms with E-state index in [0.29, 0.717) is 0 Å². The minimum Gasteiger partial charge on any atom is -0.368 e. The van der Waals surface area contributed by atoms with E-state index in [-0.39, 0.29) is 5.60 Å². The van der Waals surface area contributed by atoms with E-state index in [4.69, 9.17) is 4.74 Å². The molecule has 0 bridgehead atoms. The zero-order valence-corrected chi connectivity index (χ0v) is 14.6. The summed E-state index contributed by atoms with van der Waals surface area (Å²) >= 11 is 0. The second-order valence-corrected chi connectivity index (χ2v) is 7.15. The summed E-state index contributed by atoms with van der Waals surface area (Å²) in [6.07, 6.45) is 8.22. The number of rotatable bonds is 3. The summed E-state index contributed by atoms with van der Waals surface area (Å²) in [7, 11) is 0. The molecule has 1 spiro atoms. The maximum Gasteiger partial charge on any atom is 0.138 e. The van der Waals surface area contributed by atoms with Gasteiger partial charge >= 0.3 is 0 Å². The number of hydrogen-bond acceptors (Lipinski definition) is 5. The number of nitrogens with zero attached hydrogens (tertiary/aromatic N) is 5. The highest BCUT2D eigenvalue weighted by molar-refractivity contribution is 5.33. The van der Waals surface area contributed by atoms with Crippen molar-refractivity contribution >= 4 is 0 Å². The highest BCUT2D eigenvalue weighted by atomic mass is 16.5. The third-order valence-electron chi connectivity index (χ3n) is 5.61. The van der Waals surface area contributed by atoms with Crippen LogP contribution >= 0.6 is 0 Å². The van der Waals surface area contributed by atoms with E-state index < -0.39 is 0 Å². The molecule has 1 N–H and O–H groups in total. The van der Waals surface area contributed by atoms with Crippen molar-refractivity contribution in [1.82, 2.24) is 29.9 Å². The third-order valence-corrected chi connectivity index (χ3v) is 5.61. The molecule has 4 heterocycles. The van der Waals surface area contributed by atoms with Gasteiger partial charge in [-0.2, -0.15) is 10.2 Å². The third kappa shape index (κ3) is 2.73. The van der Waals surface area contributed by atoms with Crippen LogP contribution in [0, 0.1) is 0 Å². The molecule has 0 aliphatic carbocycles. The molecule has 0 radical (unpaired) electrons. The van der Waals surface area contributed by atoms with Crippen molar-refractivity contribution in [3.63, 3.8) is 0 Å². The fourth-order valence-corrected chi connectivity index (χ4v) is 4.14. The monoisotopic (exact) mass is 350 g/mol. The van der Waals surface area contributed by atoms with Crippen LogP contribution in [0.4, 0.5) is 0 Å². The molecule has 5 rings (SSSR count). The average Bonchev–Trinajstić information content (AvgIpc) is 3.37. The van der Waals surface area contributed by atoms with Crippen LogP contribution < -0.4 is 0 Å². The number of H-pyrrole nitrogens is 1. The lowest BCUT2D eigenvalue weighted by Gasteiger charge is -2.43. The van der Waals surface area contributed by atoms with Crippen molar-refractivity contribution < 1.29 is 4.74 Å². The Morgan fingerprint density at radius 3 is 2.77 bits per heavy atom. The van der Waals surface area contributed by atoms with E-state index in [1.54, 1.807) is 17.3 Å². The van der Waals surface area contributed by atoms with Gasteiger partial charge in [0.05, 0.1) is 24.2 Å². The van der Waals surface area contributed by atoms with Gasteiger partial charge in [0, 0.05) is 19.6 Å². The Kier molecular flexibility index (Phi) is 3.83. The number of nitrogens with one attached hydrogen (secondary N) is 1. The number of ether oxygens (including phenoxy) is 1. The molecule has 7 nitrogen and oxygen atoms in total. The highest BCUT2D eigenvalue weighted by Gasteiger charge is 2.42. The van der Waals surface area contributed by atoms with E-state index in [9.17, 15) is 0 Å². The molecule has 7 heteroatoms. The molecule has 1 saturated heterocycles. The number of likely N-dealkylation sites (tertiary alicyclic amines) is 1. The average molecular weight is 350 g/mol. The Labute approximate surface area is 152 Å². The molecule has 134 valence electrons. The minimum absolute atomic E-state index is 0.155. The first-order chi connectivity index (χ1) is 12.8. The molecule has 1 aromatic carbocycles. The van der Waals surface area contributed by atoms with Gasteiger partial charge in [0.25, 0.3) is 0 Å². The lowest BCUT2D eigenvalue weighted by atomic mass is 9.83. The van der Waals surface area contributed by atoms with Gasteiger partial charge < -0.3 is 4.74 Å². The van der Waals surface area contributed by atoms with Gasteiger partial charge in [-0.25, -0.2) is 9.67 Å². The Morgan fingerprint density at radius 2 is 2.00 bits per heavy atom. The van der Waals surface area contributed by atoms with Crippen LogP contribution in [0.3, 0.4) is 0 Å². The molecule has 0 unspecified atom stereocenters. The summed E-state index contributed by atoms with van der Waals surface area (Å²) in [6, 6.07) is 8.53. The highest BCUT2D eigenvalue weighted by Crippen LogP contribution is 2.40. The molecular weight excluding hydrogens is 328 g/mol. The Balaban J connectivity index is 1.24. The van der Waals surface area contributed by atoms with Gasteiger partial charge in [0.2, 0.25) is 0 Å². The van der Waals surface area contributed by atoms with Crippen LogP contribution in [-0.4, -0.2) is 49.6 Å². The Hall–Kier alpha value is -2.51. The van der Waals surface area contributed by atoms with Crippen molar-refractivity contribution in [3.8, 4) is 5.69 Å². The number of hydrogen-bond donors (Lipinski definition) is 1. The maximum atomic E-state index is 6.23. The van der Waals surface area contributed by atoms with Crippen LogP contribution in [-0.2, 0) is 23.3 Å². The summed E-state index contributed by atoms with van der Waals surface area (Å²) in [5.74, 6) is 0. The molecule has 2 aromatic heterocycles. The zero-order valence-electron chi connectivity index (χ0n) is 14.6. The summed E-state index contributed by atoms with van der Waals surface area (Å²) in [6.45, 7) is 3.83. The van der Waals surface area contributed by atoms with E-state index in [0.717, 1.165) is 51.2 Å². The van der Waals surface area contributed by atoms with Gasteiger partial charge in [0.15, 0.2) is 0 Å². The SMILES string of the molecule is c1ncn(-c2ccc(CN3CCC4(CC3)OCCc3cn[nH]c34)cc2)n1. The van der Waals surface area contributed by atoms with Crippen LogP contribution in [0.5, 0.6) is 0 Å². The van der Waals surface area contributed by atoms with Gasteiger partial charge in [-0.1, -0.05) is 12.1 Å². The second kappa shape index (κ2) is 6.34. The molecular formula is C19H22N6O. The largest absolute Gasteiger partial charge is 0.368 e. The van der Waals surface area contributed by atoms with Crippen LogP contribution in [0.15, 0.2) is 43.1 Å². The fourth-order valence-electron chi connectivity index (χ4n) is 4.14. The first-order valence-corrected chi connectivity index (χ1v) is 9.15. The number of piperidine rings is 1. The molecule has 0 saturated carbocycles. The zero-order chi connectivity index (χ0) is 17.4.